The molecule has 1 unspecified atom stereocenters. The second-order valence-corrected chi connectivity index (χ2v) is 8.82. The topological polar surface area (TPSA) is 70.6 Å². The Morgan fingerprint density at radius 2 is 1.80 bits per heavy atom. The van der Waals surface area contributed by atoms with E-state index in [-0.39, 0.29) is 11.8 Å². The van der Waals surface area contributed by atoms with E-state index >= 15 is 0 Å². The maximum absolute atomic E-state index is 12.8. The van der Waals surface area contributed by atoms with Crippen LogP contribution in [-0.2, 0) is 10.5 Å². The average molecular weight is 490 g/mol. The number of unbranched alkanes of at least 4 members (excludes halogenated alkanes) is 1. The molecule has 5 nitrogen and oxygen atoms in total. The number of carbonyl (C=O) groups is 2. The van der Waals surface area contributed by atoms with Crippen molar-refractivity contribution in [2.24, 2.45) is 5.10 Å². The van der Waals surface area contributed by atoms with Crippen LogP contribution in [0.4, 0.5) is 0 Å². The summed E-state index contributed by atoms with van der Waals surface area (Å²) in [4.78, 5) is 25.5. The number of nitrogens with one attached hydrogen (secondary N) is 2. The molecule has 2 aromatic rings. The molecule has 0 saturated carbocycles. The molecule has 0 bridgehead atoms. The lowest BCUT2D eigenvalue weighted by atomic mass is 10.2. The number of nitrogens with zero attached hydrogens (tertiary/aromatic N) is 1. The molecule has 0 heterocycles. The van der Waals surface area contributed by atoms with Gasteiger partial charge in [0.15, 0.2) is 0 Å². The Labute approximate surface area is 191 Å². The Kier molecular flexibility index (Phi) is 10.7. The lowest BCUT2D eigenvalue weighted by Gasteiger charge is -2.18. The van der Waals surface area contributed by atoms with E-state index in [1.54, 1.807) is 30.0 Å². The van der Waals surface area contributed by atoms with Gasteiger partial charge in [-0.3, -0.25) is 9.59 Å². The zero-order valence-electron chi connectivity index (χ0n) is 17.4. The summed E-state index contributed by atoms with van der Waals surface area (Å²) in [5.41, 5.74) is 5.16. The number of carbonyl (C=O) groups excluding carboxylic acids is 2. The number of benzene rings is 2. The van der Waals surface area contributed by atoms with Gasteiger partial charge >= 0.3 is 0 Å². The number of hydrogen-bond acceptors (Lipinski definition) is 4. The largest absolute Gasteiger partial charge is 0.339 e. The first-order valence-electron chi connectivity index (χ1n) is 10.0. The van der Waals surface area contributed by atoms with Crippen LogP contribution in [0.15, 0.2) is 64.2 Å². The van der Waals surface area contributed by atoms with Gasteiger partial charge < -0.3 is 5.32 Å². The fraction of sp³-hybridized carbons (Fsp3) is 0.348. The molecule has 30 heavy (non-hydrogen) atoms. The van der Waals surface area contributed by atoms with Gasteiger partial charge in [-0.1, -0.05) is 55.8 Å². The summed E-state index contributed by atoms with van der Waals surface area (Å²) in [6, 6.07) is 16.5. The Balaban J connectivity index is 2.03. The van der Waals surface area contributed by atoms with Crippen molar-refractivity contribution in [2.45, 2.75) is 44.9 Å². The molecule has 0 aliphatic heterocycles. The van der Waals surface area contributed by atoms with E-state index in [0.717, 1.165) is 30.7 Å². The average Bonchev–Trinajstić information content (AvgIpc) is 2.76. The molecule has 2 amide bonds. The monoisotopic (exact) mass is 489 g/mol. The normalized spacial score (nSPS) is 12.3. The first-order valence-corrected chi connectivity index (χ1v) is 12.0. The summed E-state index contributed by atoms with van der Waals surface area (Å²) >= 11 is 4.99. The van der Waals surface area contributed by atoms with Gasteiger partial charge in [0.1, 0.15) is 6.04 Å². The number of rotatable bonds is 11. The van der Waals surface area contributed by atoms with Crippen molar-refractivity contribution in [3.63, 3.8) is 0 Å². The van der Waals surface area contributed by atoms with Crippen LogP contribution in [0.25, 0.3) is 0 Å². The van der Waals surface area contributed by atoms with E-state index in [1.807, 2.05) is 43.3 Å². The Hall–Kier alpha value is -2.12. The fourth-order valence-electron chi connectivity index (χ4n) is 2.65. The molecule has 0 spiro atoms. The highest BCUT2D eigenvalue weighted by Gasteiger charge is 2.22. The summed E-state index contributed by atoms with van der Waals surface area (Å²) < 4.78 is 0.687. The molecule has 2 aromatic carbocycles. The van der Waals surface area contributed by atoms with E-state index in [4.69, 9.17) is 0 Å². The van der Waals surface area contributed by atoms with Crippen molar-refractivity contribution < 1.29 is 9.59 Å². The molecular formula is C23H28BrN3O2S. The standard InChI is InChI=1S/C23H28BrN3O2S/c1-3-4-10-17(2)26-27-23(29)21(16-30-15-18-11-6-5-7-12-18)25-22(28)19-13-8-9-14-20(19)24/h5-9,11-14,21H,3-4,10,15-16H2,1-2H3,(H,25,28)(H,27,29)/b26-17+. The lowest BCUT2D eigenvalue weighted by molar-refractivity contribution is -0.122. The van der Waals surface area contributed by atoms with Gasteiger partial charge in [0.25, 0.3) is 11.8 Å². The van der Waals surface area contributed by atoms with Crippen LogP contribution in [0.5, 0.6) is 0 Å². The molecule has 0 saturated heterocycles. The van der Waals surface area contributed by atoms with Crippen LogP contribution in [0.3, 0.4) is 0 Å². The van der Waals surface area contributed by atoms with Crippen molar-refractivity contribution in [1.29, 1.82) is 0 Å². The molecule has 160 valence electrons. The minimum absolute atomic E-state index is 0.297. The lowest BCUT2D eigenvalue weighted by Crippen LogP contribution is -2.47. The van der Waals surface area contributed by atoms with Crippen LogP contribution >= 0.6 is 27.7 Å². The van der Waals surface area contributed by atoms with E-state index in [9.17, 15) is 9.59 Å². The molecule has 0 aromatic heterocycles. The van der Waals surface area contributed by atoms with Crippen molar-refractivity contribution in [3.8, 4) is 0 Å². The summed E-state index contributed by atoms with van der Waals surface area (Å²) in [6.07, 6.45) is 2.94. The van der Waals surface area contributed by atoms with E-state index in [2.05, 4.69) is 38.7 Å². The smallest absolute Gasteiger partial charge is 0.263 e. The quantitative estimate of drug-likeness (QED) is 0.338. The van der Waals surface area contributed by atoms with Crippen LogP contribution in [0.2, 0.25) is 0 Å². The third-order valence-electron chi connectivity index (χ3n) is 4.39. The van der Waals surface area contributed by atoms with E-state index in [0.29, 0.717) is 15.8 Å². The maximum Gasteiger partial charge on any atom is 0.263 e. The van der Waals surface area contributed by atoms with Gasteiger partial charge in [0.2, 0.25) is 0 Å². The third kappa shape index (κ3) is 8.32. The summed E-state index contributed by atoms with van der Waals surface area (Å²) in [7, 11) is 0. The molecule has 0 aliphatic rings. The first kappa shape index (κ1) is 24.2. The number of hydrazone groups is 1. The Morgan fingerprint density at radius 1 is 1.10 bits per heavy atom. The summed E-state index contributed by atoms with van der Waals surface area (Å²) in [5.74, 6) is 0.593. The summed E-state index contributed by atoms with van der Waals surface area (Å²) in [6.45, 7) is 4.01. The van der Waals surface area contributed by atoms with Crippen LogP contribution in [0.1, 0.15) is 49.0 Å². The van der Waals surface area contributed by atoms with Gasteiger partial charge in [-0.15, -0.1) is 0 Å². The highest BCUT2D eigenvalue weighted by molar-refractivity contribution is 9.10. The second kappa shape index (κ2) is 13.2. The predicted molar refractivity (Wildman–Crippen MR) is 129 cm³/mol. The number of hydrogen-bond donors (Lipinski definition) is 2. The molecule has 0 aliphatic carbocycles. The first-order chi connectivity index (χ1) is 14.5. The van der Waals surface area contributed by atoms with Gasteiger partial charge in [-0.05, 0) is 53.4 Å². The van der Waals surface area contributed by atoms with Crippen molar-refractivity contribution >= 4 is 45.2 Å². The Bertz CT molecular complexity index is 859. The zero-order chi connectivity index (χ0) is 21.8. The van der Waals surface area contributed by atoms with Gasteiger partial charge in [-0.2, -0.15) is 16.9 Å². The van der Waals surface area contributed by atoms with Crippen molar-refractivity contribution in [1.82, 2.24) is 10.7 Å². The molecule has 2 rings (SSSR count). The SMILES string of the molecule is CCCC/C(C)=N/NC(=O)C(CSCc1ccccc1)NC(=O)c1ccccc1Br. The number of thioether (sulfide) groups is 1. The van der Waals surface area contributed by atoms with Crippen LogP contribution in [0, 0.1) is 0 Å². The minimum atomic E-state index is -0.693. The molecule has 0 fully saturated rings. The molecule has 7 heteroatoms. The molecule has 0 radical (unpaired) electrons. The van der Waals surface area contributed by atoms with Crippen LogP contribution in [-0.4, -0.2) is 29.3 Å². The minimum Gasteiger partial charge on any atom is -0.339 e. The third-order valence-corrected chi connectivity index (χ3v) is 6.18. The molecule has 1 atom stereocenters. The molecular weight excluding hydrogens is 462 g/mol. The molecule has 2 N–H and O–H groups in total. The number of amides is 2. The maximum atomic E-state index is 12.8. The van der Waals surface area contributed by atoms with E-state index < -0.39 is 6.04 Å². The highest BCUT2D eigenvalue weighted by Crippen LogP contribution is 2.17. The fourth-order valence-corrected chi connectivity index (χ4v) is 4.13. The van der Waals surface area contributed by atoms with Gasteiger partial charge in [-0.25, -0.2) is 5.43 Å². The van der Waals surface area contributed by atoms with E-state index in [1.165, 1.54) is 5.56 Å². The summed E-state index contributed by atoms with van der Waals surface area (Å²) in [5, 5.41) is 7.05. The highest BCUT2D eigenvalue weighted by atomic mass is 79.9. The Morgan fingerprint density at radius 3 is 2.50 bits per heavy atom. The van der Waals surface area contributed by atoms with Crippen molar-refractivity contribution in [3.05, 3.63) is 70.2 Å². The second-order valence-electron chi connectivity index (χ2n) is 6.93. The van der Waals surface area contributed by atoms with Gasteiger partial charge in [0.05, 0.1) is 5.56 Å². The zero-order valence-corrected chi connectivity index (χ0v) is 19.8. The number of halogens is 1. The van der Waals surface area contributed by atoms with Crippen LogP contribution < -0.4 is 10.7 Å². The predicted octanol–water partition coefficient (Wildman–Crippen LogP) is 5.16. The van der Waals surface area contributed by atoms with Crippen molar-refractivity contribution in [2.75, 3.05) is 5.75 Å². The van der Waals surface area contributed by atoms with Gasteiger partial charge in [0, 0.05) is 21.7 Å².